The zero-order chi connectivity index (χ0) is 18.8. The normalized spacial score (nSPS) is 16.4. The van der Waals surface area contributed by atoms with Crippen LogP contribution in [0.5, 0.6) is 0 Å². The van der Waals surface area contributed by atoms with E-state index in [1.54, 1.807) is 0 Å². The number of unbranched alkanes of at least 4 members (excludes halogenated alkanes) is 1. The van der Waals surface area contributed by atoms with E-state index < -0.39 is 0 Å². The summed E-state index contributed by atoms with van der Waals surface area (Å²) in [7, 11) is 0. The van der Waals surface area contributed by atoms with Gasteiger partial charge in [0.15, 0.2) is 0 Å². The summed E-state index contributed by atoms with van der Waals surface area (Å²) in [5.74, 6) is 0. The fourth-order valence-corrected chi connectivity index (χ4v) is 4.01. The fraction of sp³-hybridized carbons (Fsp3) is 0.667. The molecule has 146 valence electrons. The third-order valence-corrected chi connectivity index (χ3v) is 5.86. The molecule has 2 nitrogen and oxygen atoms in total. The zero-order valence-electron chi connectivity index (χ0n) is 17.5. The molecule has 1 saturated heterocycles. The summed E-state index contributed by atoms with van der Waals surface area (Å²) < 4.78 is 0. The second-order valence-electron chi connectivity index (χ2n) is 7.91. The van der Waals surface area contributed by atoms with Crippen LogP contribution < -0.4 is 4.90 Å². The molecule has 0 spiro atoms. The summed E-state index contributed by atoms with van der Waals surface area (Å²) in [5.41, 5.74) is 4.40. The van der Waals surface area contributed by atoms with Gasteiger partial charge in [0.05, 0.1) is 0 Å². The largest absolute Gasteiger partial charge is 0.367 e. The first-order valence-corrected chi connectivity index (χ1v) is 10.9. The van der Waals surface area contributed by atoms with Gasteiger partial charge in [-0.1, -0.05) is 44.9 Å². The van der Waals surface area contributed by atoms with Crippen molar-refractivity contribution >= 4 is 5.69 Å². The molecule has 26 heavy (non-hydrogen) atoms. The van der Waals surface area contributed by atoms with E-state index in [9.17, 15) is 0 Å². The second-order valence-corrected chi connectivity index (χ2v) is 7.91. The molecule has 0 saturated carbocycles. The Kier molecular flexibility index (Phi) is 9.25. The summed E-state index contributed by atoms with van der Waals surface area (Å²) in [4.78, 5) is 5.34. The van der Waals surface area contributed by atoms with Crippen molar-refractivity contribution < 1.29 is 0 Å². The monoisotopic (exact) mass is 356 g/mol. The smallest absolute Gasteiger partial charge is 0.0401 e. The van der Waals surface area contributed by atoms with Gasteiger partial charge in [-0.25, -0.2) is 0 Å². The Hall–Kier alpha value is -1.28. The van der Waals surface area contributed by atoms with Crippen LogP contribution >= 0.6 is 0 Å². The molecule has 0 aliphatic carbocycles. The molecule has 2 heteroatoms. The highest BCUT2D eigenvalue weighted by atomic mass is 15.2. The van der Waals surface area contributed by atoms with E-state index in [2.05, 4.69) is 55.3 Å². The maximum Gasteiger partial charge on any atom is 0.0401 e. The molecule has 1 aromatic carbocycles. The maximum atomic E-state index is 3.91. The first-order valence-electron chi connectivity index (χ1n) is 10.9. The Labute approximate surface area is 162 Å². The molecule has 0 N–H and O–H groups in total. The van der Waals surface area contributed by atoms with Crippen molar-refractivity contribution in [2.45, 2.75) is 78.2 Å². The summed E-state index contributed by atoms with van der Waals surface area (Å²) in [6.07, 6.45) is 12.1. The predicted octanol–water partition coefficient (Wildman–Crippen LogP) is 5.85. The molecule has 0 amide bonds. The SMILES string of the molecule is C=CCc1ccc(N(CCN2CCCCC2)C(C)CC)c(CCCC)c1. The molecule has 1 unspecified atom stereocenters. The van der Waals surface area contributed by atoms with Crippen LogP contribution in [0.3, 0.4) is 0 Å². The van der Waals surface area contributed by atoms with Crippen molar-refractivity contribution in [2.75, 3.05) is 31.1 Å². The van der Waals surface area contributed by atoms with Gasteiger partial charge in [-0.3, -0.25) is 0 Å². The summed E-state index contributed by atoms with van der Waals surface area (Å²) >= 11 is 0. The molecular weight excluding hydrogens is 316 g/mol. The summed E-state index contributed by atoms with van der Waals surface area (Å²) in [5, 5.41) is 0. The predicted molar refractivity (Wildman–Crippen MR) is 116 cm³/mol. The highest BCUT2D eigenvalue weighted by Crippen LogP contribution is 2.27. The van der Waals surface area contributed by atoms with Crippen LogP contribution in [-0.2, 0) is 12.8 Å². The Morgan fingerprint density at radius 1 is 1.19 bits per heavy atom. The molecule has 1 fully saturated rings. The van der Waals surface area contributed by atoms with E-state index >= 15 is 0 Å². The first-order chi connectivity index (χ1) is 12.7. The lowest BCUT2D eigenvalue weighted by Gasteiger charge is -2.36. The molecule has 0 aromatic heterocycles. The number of nitrogens with zero attached hydrogens (tertiary/aromatic N) is 2. The standard InChI is InChI=1S/C24H40N2/c1-5-8-13-23-20-22(12-6-2)14-15-24(23)26(21(4)7-3)19-18-25-16-10-9-11-17-25/h6,14-15,20-21H,2,5,7-13,16-19H2,1,3-4H3. The van der Waals surface area contributed by atoms with Crippen LogP contribution in [0.1, 0.15) is 70.4 Å². The first kappa shape index (κ1) is 21.0. The maximum absolute atomic E-state index is 3.91. The third-order valence-electron chi connectivity index (χ3n) is 5.86. The third kappa shape index (κ3) is 6.16. The number of rotatable bonds is 11. The summed E-state index contributed by atoms with van der Waals surface area (Å²) in [6.45, 7) is 15.8. The van der Waals surface area contributed by atoms with E-state index in [4.69, 9.17) is 0 Å². The molecule has 1 aromatic rings. The minimum atomic E-state index is 0.588. The molecule has 1 aliphatic heterocycles. The minimum Gasteiger partial charge on any atom is -0.367 e. The topological polar surface area (TPSA) is 6.48 Å². The van der Waals surface area contributed by atoms with Crippen molar-refractivity contribution in [3.05, 3.63) is 42.0 Å². The molecular formula is C24H40N2. The zero-order valence-corrected chi connectivity index (χ0v) is 17.5. The van der Waals surface area contributed by atoms with Gasteiger partial charge >= 0.3 is 0 Å². The number of allylic oxidation sites excluding steroid dienone is 1. The molecule has 1 atom stereocenters. The van der Waals surface area contributed by atoms with Crippen LogP contribution in [0, 0.1) is 0 Å². The number of hydrogen-bond donors (Lipinski definition) is 0. The van der Waals surface area contributed by atoms with Gasteiger partial charge in [-0.2, -0.15) is 0 Å². The van der Waals surface area contributed by atoms with E-state index in [1.807, 2.05) is 6.08 Å². The summed E-state index contributed by atoms with van der Waals surface area (Å²) in [6, 6.07) is 7.71. The van der Waals surface area contributed by atoms with Gasteiger partial charge in [0.1, 0.15) is 0 Å². The molecule has 2 rings (SSSR count). The van der Waals surface area contributed by atoms with E-state index in [0.717, 1.165) is 13.0 Å². The van der Waals surface area contributed by atoms with Crippen molar-refractivity contribution in [1.29, 1.82) is 0 Å². The van der Waals surface area contributed by atoms with E-state index in [1.165, 1.54) is 81.4 Å². The number of benzene rings is 1. The van der Waals surface area contributed by atoms with Crippen LogP contribution in [0.2, 0.25) is 0 Å². The average Bonchev–Trinajstić information content (AvgIpc) is 2.68. The molecule has 0 bridgehead atoms. The Bertz CT molecular complexity index is 531. The fourth-order valence-electron chi connectivity index (χ4n) is 4.01. The lowest BCUT2D eigenvalue weighted by molar-refractivity contribution is 0.231. The van der Waals surface area contributed by atoms with Gasteiger partial charge in [-0.05, 0) is 75.7 Å². The van der Waals surface area contributed by atoms with E-state index in [-0.39, 0.29) is 0 Å². The number of hydrogen-bond acceptors (Lipinski definition) is 2. The number of likely N-dealkylation sites (tertiary alicyclic amines) is 1. The van der Waals surface area contributed by atoms with Crippen LogP contribution in [0.15, 0.2) is 30.9 Å². The number of anilines is 1. The lowest BCUT2D eigenvalue weighted by atomic mass is 9.99. The Balaban J connectivity index is 2.19. The molecule has 1 heterocycles. The van der Waals surface area contributed by atoms with E-state index in [0.29, 0.717) is 6.04 Å². The van der Waals surface area contributed by atoms with Gasteiger partial charge in [0.2, 0.25) is 0 Å². The van der Waals surface area contributed by atoms with Crippen LogP contribution in [0.4, 0.5) is 5.69 Å². The van der Waals surface area contributed by atoms with Gasteiger partial charge in [0.25, 0.3) is 0 Å². The quantitative estimate of drug-likeness (QED) is 0.459. The van der Waals surface area contributed by atoms with Crippen LogP contribution in [-0.4, -0.2) is 37.1 Å². The van der Waals surface area contributed by atoms with Crippen molar-refractivity contribution in [3.8, 4) is 0 Å². The molecule has 1 aliphatic rings. The minimum absolute atomic E-state index is 0.588. The van der Waals surface area contributed by atoms with Gasteiger partial charge in [0, 0.05) is 24.8 Å². The van der Waals surface area contributed by atoms with Crippen molar-refractivity contribution in [3.63, 3.8) is 0 Å². The second kappa shape index (κ2) is 11.4. The Morgan fingerprint density at radius 2 is 1.96 bits per heavy atom. The van der Waals surface area contributed by atoms with Crippen molar-refractivity contribution in [2.24, 2.45) is 0 Å². The van der Waals surface area contributed by atoms with Crippen molar-refractivity contribution in [1.82, 2.24) is 4.90 Å². The van der Waals surface area contributed by atoms with Gasteiger partial charge < -0.3 is 9.80 Å². The number of aryl methyl sites for hydroxylation is 1. The van der Waals surface area contributed by atoms with Crippen LogP contribution in [0.25, 0.3) is 0 Å². The lowest BCUT2D eigenvalue weighted by Crippen LogP contribution is -2.41. The highest BCUT2D eigenvalue weighted by molar-refractivity contribution is 5.56. The number of piperidine rings is 1. The Morgan fingerprint density at radius 3 is 2.62 bits per heavy atom. The van der Waals surface area contributed by atoms with Gasteiger partial charge in [-0.15, -0.1) is 6.58 Å². The highest BCUT2D eigenvalue weighted by Gasteiger charge is 2.18. The average molecular weight is 357 g/mol. The molecule has 0 radical (unpaired) electrons.